The summed E-state index contributed by atoms with van der Waals surface area (Å²) in [5.74, 6) is 2.26. The molecule has 0 unspecified atom stereocenters. The zero-order chi connectivity index (χ0) is 14.4. The van der Waals surface area contributed by atoms with Gasteiger partial charge >= 0.3 is 0 Å². The molecule has 1 aromatic carbocycles. The third-order valence-electron chi connectivity index (χ3n) is 2.67. The highest BCUT2D eigenvalue weighted by molar-refractivity contribution is 5.42. The molecule has 1 N–H and O–H groups in total. The first-order valence-corrected chi connectivity index (χ1v) is 6.57. The van der Waals surface area contributed by atoms with E-state index in [1.165, 1.54) is 0 Å². The fourth-order valence-corrected chi connectivity index (χ4v) is 1.67. The first kappa shape index (κ1) is 14.3. The summed E-state index contributed by atoms with van der Waals surface area (Å²) in [4.78, 5) is 4.17. The van der Waals surface area contributed by atoms with E-state index in [2.05, 4.69) is 10.1 Å². The number of ether oxygens (including phenoxy) is 2. The second-order valence-electron chi connectivity index (χ2n) is 4.12. The Labute approximate surface area is 117 Å². The van der Waals surface area contributed by atoms with Gasteiger partial charge in [-0.05, 0) is 24.6 Å². The molecule has 108 valence electrons. The van der Waals surface area contributed by atoms with Crippen molar-refractivity contribution in [2.75, 3.05) is 6.61 Å². The van der Waals surface area contributed by atoms with E-state index in [0.717, 1.165) is 12.0 Å². The van der Waals surface area contributed by atoms with E-state index in [1.54, 1.807) is 18.2 Å². The van der Waals surface area contributed by atoms with Crippen LogP contribution in [0.3, 0.4) is 0 Å². The van der Waals surface area contributed by atoms with Crippen molar-refractivity contribution < 1.29 is 19.1 Å². The maximum Gasteiger partial charge on any atom is 0.264 e. The summed E-state index contributed by atoms with van der Waals surface area (Å²) in [5.41, 5.74) is 0.770. The van der Waals surface area contributed by atoms with Crippen LogP contribution in [0.25, 0.3) is 0 Å². The number of aromatic nitrogens is 2. The molecule has 0 aliphatic heterocycles. The topological polar surface area (TPSA) is 77.6 Å². The lowest BCUT2D eigenvalue weighted by molar-refractivity contribution is 0.227. The molecule has 6 nitrogen and oxygen atoms in total. The molecular weight excluding hydrogens is 260 g/mol. The Hall–Kier alpha value is -2.08. The molecule has 2 aromatic rings. The maximum atomic E-state index is 9.13. The van der Waals surface area contributed by atoms with Crippen molar-refractivity contribution in [2.24, 2.45) is 0 Å². The monoisotopic (exact) mass is 278 g/mol. The number of nitrogens with zero attached hydrogens (tertiary/aromatic N) is 2. The number of aliphatic hydroxyl groups excluding tert-OH is 1. The predicted molar refractivity (Wildman–Crippen MR) is 71.5 cm³/mol. The molecule has 0 spiro atoms. The van der Waals surface area contributed by atoms with Gasteiger partial charge in [0.05, 0.1) is 13.2 Å². The Morgan fingerprint density at radius 2 is 2.05 bits per heavy atom. The Morgan fingerprint density at radius 1 is 1.20 bits per heavy atom. The molecule has 0 saturated carbocycles. The zero-order valence-electron chi connectivity index (χ0n) is 11.6. The van der Waals surface area contributed by atoms with E-state index < -0.39 is 0 Å². The van der Waals surface area contributed by atoms with Crippen LogP contribution in [0.5, 0.6) is 11.5 Å². The van der Waals surface area contributed by atoms with Gasteiger partial charge in [-0.1, -0.05) is 18.1 Å². The third kappa shape index (κ3) is 3.48. The second-order valence-corrected chi connectivity index (χ2v) is 4.12. The van der Waals surface area contributed by atoms with E-state index in [4.69, 9.17) is 19.1 Å². The van der Waals surface area contributed by atoms with Gasteiger partial charge in [0.25, 0.3) is 5.89 Å². The molecule has 0 aliphatic rings. The molecule has 0 atom stereocenters. The maximum absolute atomic E-state index is 9.13. The minimum absolute atomic E-state index is 0.0378. The van der Waals surface area contributed by atoms with Crippen LogP contribution in [0.2, 0.25) is 0 Å². The highest BCUT2D eigenvalue weighted by atomic mass is 16.5. The van der Waals surface area contributed by atoms with Gasteiger partial charge in [0, 0.05) is 6.42 Å². The quantitative estimate of drug-likeness (QED) is 0.835. The van der Waals surface area contributed by atoms with Gasteiger partial charge in [0.2, 0.25) is 0 Å². The lowest BCUT2D eigenvalue weighted by Gasteiger charge is -2.11. The molecule has 1 aromatic heterocycles. The van der Waals surface area contributed by atoms with Crippen molar-refractivity contribution in [2.45, 2.75) is 33.5 Å². The smallest absolute Gasteiger partial charge is 0.264 e. The zero-order valence-corrected chi connectivity index (χ0v) is 11.6. The van der Waals surface area contributed by atoms with Gasteiger partial charge < -0.3 is 19.1 Å². The number of hydrogen-bond donors (Lipinski definition) is 1. The van der Waals surface area contributed by atoms with E-state index >= 15 is 0 Å². The van der Waals surface area contributed by atoms with Gasteiger partial charge in [-0.2, -0.15) is 4.98 Å². The Kier molecular flexibility index (Phi) is 4.95. The molecular formula is C14H18N2O4. The van der Waals surface area contributed by atoms with Crippen LogP contribution in [-0.4, -0.2) is 21.9 Å². The van der Waals surface area contributed by atoms with Crippen molar-refractivity contribution in [1.82, 2.24) is 10.1 Å². The Bertz CT molecular complexity index is 554. The van der Waals surface area contributed by atoms with Crippen molar-refractivity contribution in [3.05, 3.63) is 35.5 Å². The van der Waals surface area contributed by atoms with Gasteiger partial charge in [0.1, 0.15) is 0 Å². The molecule has 0 saturated heterocycles. The number of benzene rings is 1. The minimum Gasteiger partial charge on any atom is -0.490 e. The summed E-state index contributed by atoms with van der Waals surface area (Å²) in [5, 5.41) is 12.9. The van der Waals surface area contributed by atoms with E-state index in [-0.39, 0.29) is 13.2 Å². The van der Waals surface area contributed by atoms with Crippen LogP contribution < -0.4 is 9.47 Å². The molecule has 20 heavy (non-hydrogen) atoms. The molecule has 1 heterocycles. The summed E-state index contributed by atoms with van der Waals surface area (Å²) in [7, 11) is 0. The highest BCUT2D eigenvalue weighted by Crippen LogP contribution is 2.29. The molecule has 0 radical (unpaired) electrons. The lowest BCUT2D eigenvalue weighted by atomic mass is 10.2. The predicted octanol–water partition coefficient (Wildman–Crippen LogP) is 2.10. The van der Waals surface area contributed by atoms with Gasteiger partial charge in [0.15, 0.2) is 23.9 Å². The average molecular weight is 278 g/mol. The summed E-state index contributed by atoms with van der Waals surface area (Å²) in [6.07, 6.45) is 0.721. The molecule has 6 heteroatoms. The van der Waals surface area contributed by atoms with E-state index in [0.29, 0.717) is 29.8 Å². The van der Waals surface area contributed by atoms with Crippen LogP contribution in [0.15, 0.2) is 22.7 Å². The first-order valence-electron chi connectivity index (χ1n) is 6.57. The van der Waals surface area contributed by atoms with Crippen molar-refractivity contribution in [3.63, 3.8) is 0 Å². The summed E-state index contributed by atoms with van der Waals surface area (Å²) >= 11 is 0. The van der Waals surface area contributed by atoms with Gasteiger partial charge in [-0.25, -0.2) is 0 Å². The molecule has 0 fully saturated rings. The number of hydrogen-bond acceptors (Lipinski definition) is 6. The van der Waals surface area contributed by atoms with Crippen molar-refractivity contribution in [1.29, 1.82) is 0 Å². The number of aliphatic hydroxyl groups is 1. The number of aryl methyl sites for hydroxylation is 1. The normalized spacial score (nSPS) is 10.6. The fraction of sp³-hybridized carbons (Fsp3) is 0.429. The summed E-state index contributed by atoms with van der Waals surface area (Å²) < 4.78 is 16.2. The standard InChI is InChI=1S/C14H18N2O4/c1-3-13-15-14(20-16-13)9-19-11-6-5-10(8-17)7-12(11)18-4-2/h5-7,17H,3-4,8-9H2,1-2H3. The molecule has 0 amide bonds. The summed E-state index contributed by atoms with van der Waals surface area (Å²) in [6, 6.07) is 5.29. The van der Waals surface area contributed by atoms with Crippen LogP contribution in [-0.2, 0) is 19.6 Å². The van der Waals surface area contributed by atoms with Crippen LogP contribution in [0.1, 0.15) is 31.1 Å². The largest absolute Gasteiger partial charge is 0.490 e. The highest BCUT2D eigenvalue weighted by Gasteiger charge is 2.10. The first-order chi connectivity index (χ1) is 9.76. The minimum atomic E-state index is -0.0378. The fourth-order valence-electron chi connectivity index (χ4n) is 1.67. The van der Waals surface area contributed by atoms with Crippen LogP contribution >= 0.6 is 0 Å². The van der Waals surface area contributed by atoms with E-state index in [1.807, 2.05) is 13.8 Å². The van der Waals surface area contributed by atoms with E-state index in [9.17, 15) is 0 Å². The molecule has 0 aliphatic carbocycles. The lowest BCUT2D eigenvalue weighted by Crippen LogP contribution is -2.01. The third-order valence-corrected chi connectivity index (χ3v) is 2.67. The Morgan fingerprint density at radius 3 is 2.70 bits per heavy atom. The SMILES string of the molecule is CCOc1cc(CO)ccc1OCc1nc(CC)no1. The van der Waals surface area contributed by atoms with Crippen molar-refractivity contribution >= 4 is 0 Å². The van der Waals surface area contributed by atoms with Crippen molar-refractivity contribution in [3.8, 4) is 11.5 Å². The van der Waals surface area contributed by atoms with Crippen LogP contribution in [0, 0.1) is 0 Å². The van der Waals surface area contributed by atoms with Gasteiger partial charge in [-0.15, -0.1) is 0 Å². The molecule has 0 bridgehead atoms. The second kappa shape index (κ2) is 6.91. The Balaban J connectivity index is 2.07. The average Bonchev–Trinajstić information content (AvgIpc) is 2.94. The van der Waals surface area contributed by atoms with Gasteiger partial charge in [-0.3, -0.25) is 0 Å². The summed E-state index contributed by atoms with van der Waals surface area (Å²) in [6.45, 7) is 4.51. The number of rotatable bonds is 7. The molecule has 2 rings (SSSR count). The van der Waals surface area contributed by atoms with Crippen LogP contribution in [0.4, 0.5) is 0 Å².